The maximum Gasteiger partial charge on any atom is 0.209 e. The van der Waals surface area contributed by atoms with Crippen LogP contribution in [0.4, 0.5) is 0 Å². The number of nitrogens with one attached hydrogen (secondary N) is 1. The number of piperidine rings is 1. The van der Waals surface area contributed by atoms with Gasteiger partial charge in [-0.2, -0.15) is 5.92 Å². The van der Waals surface area contributed by atoms with E-state index in [1.54, 1.807) is 4.90 Å². The van der Waals surface area contributed by atoms with E-state index in [2.05, 4.69) is 32.6 Å². The summed E-state index contributed by atoms with van der Waals surface area (Å²) in [5.74, 6) is 0.526. The normalized spacial score (nSPS) is 20.2. The van der Waals surface area contributed by atoms with Crippen molar-refractivity contribution >= 4 is 6.39 Å². The van der Waals surface area contributed by atoms with Crippen LogP contribution in [0.5, 0.6) is 0 Å². The first kappa shape index (κ1) is 14.6. The van der Waals surface area contributed by atoms with Gasteiger partial charge in [-0.3, -0.25) is 11.3 Å². The Kier molecular flexibility index (Phi) is 7.10. The van der Waals surface area contributed by atoms with Crippen molar-refractivity contribution in [3.63, 3.8) is 0 Å². The van der Waals surface area contributed by atoms with Crippen LogP contribution < -0.4 is 5.32 Å². The van der Waals surface area contributed by atoms with Crippen LogP contribution in [0.25, 0.3) is 0 Å². The van der Waals surface area contributed by atoms with Crippen molar-refractivity contribution in [3.05, 3.63) is 13.5 Å². The predicted molar refractivity (Wildman–Crippen MR) is 61.8 cm³/mol. The SMILES string of the molecule is [3H]C(=O)N1CCC([CH2-])(CN[CH-]C(C)C)CC1.[Y]. The van der Waals surface area contributed by atoms with Crippen molar-refractivity contribution < 1.29 is 38.9 Å². The zero-order chi connectivity index (χ0) is 12.2. The van der Waals surface area contributed by atoms with Gasteiger partial charge < -0.3 is 17.1 Å². The maximum absolute atomic E-state index is 10.9. The second-order valence-corrected chi connectivity index (χ2v) is 4.87. The minimum absolute atomic E-state index is 0. The second kappa shape index (κ2) is 7.78. The number of amides is 1. The van der Waals surface area contributed by atoms with Gasteiger partial charge in [0.2, 0.25) is 6.39 Å². The van der Waals surface area contributed by atoms with Gasteiger partial charge in [0, 0.05) is 45.8 Å². The number of hydrogen-bond acceptors (Lipinski definition) is 2. The van der Waals surface area contributed by atoms with Gasteiger partial charge in [0.15, 0.2) is 0 Å². The molecule has 0 aromatic rings. The molecular weight excluding hydrogens is 277 g/mol. The molecule has 1 N–H and O–H groups in total. The summed E-state index contributed by atoms with van der Waals surface area (Å²) in [7, 11) is 0. The van der Waals surface area contributed by atoms with Crippen molar-refractivity contribution in [1.82, 2.24) is 10.2 Å². The molecule has 1 radical (unpaired) electrons. The zero-order valence-electron chi connectivity index (χ0n) is 11.3. The summed E-state index contributed by atoms with van der Waals surface area (Å²) in [5, 5.41) is 3.30. The summed E-state index contributed by atoms with van der Waals surface area (Å²) in [6.45, 7) is 12.8. The van der Waals surface area contributed by atoms with Crippen molar-refractivity contribution in [2.24, 2.45) is 11.3 Å². The number of nitrogens with zero attached hydrogens (tertiary/aromatic N) is 1. The Balaban J connectivity index is 0.00000256. The van der Waals surface area contributed by atoms with E-state index in [9.17, 15) is 4.79 Å². The van der Waals surface area contributed by atoms with Gasteiger partial charge in [-0.05, 0) is 0 Å². The van der Waals surface area contributed by atoms with Crippen LogP contribution in [0.15, 0.2) is 0 Å². The molecule has 1 fully saturated rings. The van der Waals surface area contributed by atoms with Crippen LogP contribution in [0.2, 0.25) is 0 Å². The van der Waals surface area contributed by atoms with Crippen molar-refractivity contribution in [1.29, 1.82) is 0 Å². The fourth-order valence-corrected chi connectivity index (χ4v) is 1.76. The van der Waals surface area contributed by atoms with Crippen LogP contribution in [-0.4, -0.2) is 30.9 Å². The molecule has 0 unspecified atom stereocenters. The Morgan fingerprint density at radius 3 is 2.62 bits per heavy atom. The monoisotopic (exact) mass is 301 g/mol. The molecule has 91 valence electrons. The number of hydrogen-bond donors (Lipinski definition) is 1. The predicted octanol–water partition coefficient (Wildman–Crippen LogP) is 1.46. The summed E-state index contributed by atoms with van der Waals surface area (Å²) in [5.41, 5.74) is 0.0113. The molecule has 0 bridgehead atoms. The first-order valence-electron chi connectivity index (χ1n) is 6.10. The Morgan fingerprint density at radius 2 is 2.19 bits per heavy atom. The second-order valence-electron chi connectivity index (χ2n) is 4.87. The molecular formula is C12H22N2OY-2. The molecule has 1 saturated heterocycles. The minimum atomic E-state index is -0.566. The van der Waals surface area contributed by atoms with Crippen LogP contribution in [0.3, 0.4) is 0 Å². The molecule has 0 aliphatic carbocycles. The molecule has 1 amide bonds. The van der Waals surface area contributed by atoms with E-state index in [4.69, 9.17) is 1.37 Å². The summed E-state index contributed by atoms with van der Waals surface area (Å²) in [4.78, 5) is 12.4. The maximum atomic E-state index is 10.9. The standard InChI is InChI=1S/C12H22N2O.Y/c1-11(2)8-13-9-12(3)4-6-14(10-15)7-5-12;/h8,10-11,13H,3-7,9H2,1-2H3;/q-2;/i10T;. The fourth-order valence-electron chi connectivity index (χ4n) is 1.76. The Hall–Kier alpha value is 0.534. The minimum Gasteiger partial charge on any atom is -0.471 e. The van der Waals surface area contributed by atoms with Gasteiger partial charge in [-0.1, -0.05) is 33.2 Å². The quantitative estimate of drug-likeness (QED) is 0.630. The molecule has 0 atom stereocenters. The van der Waals surface area contributed by atoms with Crippen LogP contribution in [-0.2, 0) is 37.5 Å². The molecule has 1 heterocycles. The third-order valence-electron chi connectivity index (χ3n) is 2.88. The molecule has 1 aliphatic rings. The number of carbonyl (C=O) groups is 1. The smallest absolute Gasteiger partial charge is 0.209 e. The summed E-state index contributed by atoms with van der Waals surface area (Å²) in [6.07, 6.45) is 1.18. The number of likely N-dealkylation sites (tertiary alicyclic amines) is 1. The average Bonchev–Trinajstić information content (AvgIpc) is 2.17. The van der Waals surface area contributed by atoms with E-state index in [-0.39, 0.29) is 38.1 Å². The largest absolute Gasteiger partial charge is 0.471 e. The molecule has 0 aromatic carbocycles. The molecule has 16 heavy (non-hydrogen) atoms. The van der Waals surface area contributed by atoms with E-state index in [1.807, 2.05) is 0 Å². The third-order valence-corrected chi connectivity index (χ3v) is 2.88. The van der Waals surface area contributed by atoms with E-state index < -0.39 is 6.39 Å². The number of carbonyl (C=O) groups excluding carboxylic acids is 1. The number of rotatable bonds is 4. The summed E-state index contributed by atoms with van der Waals surface area (Å²) >= 11 is 0. The van der Waals surface area contributed by atoms with Crippen LogP contribution >= 0.6 is 0 Å². The molecule has 0 spiro atoms. The molecule has 1 aliphatic heterocycles. The van der Waals surface area contributed by atoms with Gasteiger partial charge in [0.1, 0.15) is 1.37 Å². The van der Waals surface area contributed by atoms with Crippen molar-refractivity contribution in [2.75, 3.05) is 19.6 Å². The Morgan fingerprint density at radius 1 is 1.62 bits per heavy atom. The first-order chi connectivity index (χ1) is 7.43. The first-order valence-corrected chi connectivity index (χ1v) is 5.60. The van der Waals surface area contributed by atoms with Gasteiger partial charge in [-0.25, -0.2) is 0 Å². The molecule has 4 heteroatoms. The van der Waals surface area contributed by atoms with Crippen molar-refractivity contribution in [3.8, 4) is 0 Å². The molecule has 0 aromatic heterocycles. The third kappa shape index (κ3) is 5.74. The summed E-state index contributed by atoms with van der Waals surface area (Å²) < 4.78 is 7.04. The molecule has 1 rings (SSSR count). The van der Waals surface area contributed by atoms with Crippen LogP contribution in [0, 0.1) is 24.8 Å². The molecule has 0 saturated carbocycles. The van der Waals surface area contributed by atoms with E-state index in [0.717, 1.165) is 19.4 Å². The van der Waals surface area contributed by atoms with E-state index in [0.29, 0.717) is 19.0 Å². The van der Waals surface area contributed by atoms with E-state index >= 15 is 0 Å². The van der Waals surface area contributed by atoms with E-state index in [1.165, 1.54) is 0 Å². The Bertz CT molecular complexity index is 241. The average molecular weight is 301 g/mol. The van der Waals surface area contributed by atoms with Crippen LogP contribution in [0.1, 0.15) is 28.1 Å². The van der Waals surface area contributed by atoms with Gasteiger partial charge in [-0.15, -0.1) is 5.41 Å². The topological polar surface area (TPSA) is 32.3 Å². The van der Waals surface area contributed by atoms with Gasteiger partial charge >= 0.3 is 0 Å². The molecule has 3 nitrogen and oxygen atoms in total. The van der Waals surface area contributed by atoms with Crippen molar-refractivity contribution in [2.45, 2.75) is 26.7 Å². The zero-order valence-corrected chi connectivity index (χ0v) is 13.2. The Labute approximate surface area is 126 Å². The summed E-state index contributed by atoms with van der Waals surface area (Å²) in [6, 6.07) is 0. The fraction of sp³-hybridized carbons (Fsp3) is 0.750. The van der Waals surface area contributed by atoms with Gasteiger partial charge in [0.25, 0.3) is 0 Å². The van der Waals surface area contributed by atoms with Gasteiger partial charge in [0.05, 0.1) is 0 Å².